The molecular formula is C31H26F4N6O3. The summed E-state index contributed by atoms with van der Waals surface area (Å²) in [5.74, 6) is -1.30. The van der Waals surface area contributed by atoms with Crippen LogP contribution in [0.2, 0.25) is 0 Å². The first-order valence-corrected chi connectivity index (χ1v) is 13.6. The van der Waals surface area contributed by atoms with Crippen molar-refractivity contribution in [3.63, 3.8) is 0 Å². The molecule has 0 unspecified atom stereocenters. The van der Waals surface area contributed by atoms with Gasteiger partial charge in [0.1, 0.15) is 17.4 Å². The summed E-state index contributed by atoms with van der Waals surface area (Å²) in [5, 5.41) is 0. The molecule has 0 aliphatic carbocycles. The van der Waals surface area contributed by atoms with Gasteiger partial charge in [0, 0.05) is 31.3 Å². The van der Waals surface area contributed by atoms with Crippen LogP contribution in [0.3, 0.4) is 0 Å². The van der Waals surface area contributed by atoms with Crippen LogP contribution in [0.25, 0.3) is 16.9 Å². The number of alkyl halides is 3. The molecule has 5 rings (SSSR count). The predicted octanol–water partition coefficient (Wildman–Crippen LogP) is 5.46. The second kappa shape index (κ2) is 12.6. The number of amides is 1. The van der Waals surface area contributed by atoms with E-state index in [-0.39, 0.29) is 29.1 Å². The summed E-state index contributed by atoms with van der Waals surface area (Å²) in [6.07, 6.45) is 0.447. The van der Waals surface area contributed by atoms with Gasteiger partial charge in [-0.15, -0.1) is 0 Å². The van der Waals surface area contributed by atoms with Gasteiger partial charge in [0.2, 0.25) is 5.91 Å². The maximum atomic E-state index is 14.0. The molecule has 5 aromatic rings. The quantitative estimate of drug-likeness (QED) is 0.205. The van der Waals surface area contributed by atoms with Crippen LogP contribution in [0.5, 0.6) is 5.75 Å². The molecule has 226 valence electrons. The van der Waals surface area contributed by atoms with Gasteiger partial charge in [-0.3, -0.25) is 19.1 Å². The Morgan fingerprint density at radius 3 is 2.45 bits per heavy atom. The lowest BCUT2D eigenvalue weighted by molar-refractivity contribution is -0.140. The second-order valence-electron chi connectivity index (χ2n) is 9.81. The summed E-state index contributed by atoms with van der Waals surface area (Å²) >= 11 is 0. The average molecular weight is 607 g/mol. The van der Waals surface area contributed by atoms with Crippen molar-refractivity contribution in [1.29, 1.82) is 0 Å². The van der Waals surface area contributed by atoms with E-state index in [9.17, 15) is 27.2 Å². The van der Waals surface area contributed by atoms with E-state index < -0.39 is 41.5 Å². The fourth-order valence-electron chi connectivity index (χ4n) is 4.76. The number of nitrogens with zero attached hydrogens (tertiary/aromatic N) is 6. The van der Waals surface area contributed by atoms with Gasteiger partial charge in [-0.05, 0) is 67.4 Å². The largest absolute Gasteiger partial charge is 0.494 e. The lowest BCUT2D eigenvalue weighted by atomic mass is 10.1. The third-order valence-electron chi connectivity index (χ3n) is 6.87. The van der Waals surface area contributed by atoms with E-state index in [4.69, 9.17) is 4.74 Å². The Balaban J connectivity index is 1.62. The van der Waals surface area contributed by atoms with Gasteiger partial charge < -0.3 is 9.64 Å². The Morgan fingerprint density at radius 1 is 1.02 bits per heavy atom. The zero-order valence-corrected chi connectivity index (χ0v) is 23.6. The minimum Gasteiger partial charge on any atom is -0.494 e. The van der Waals surface area contributed by atoms with Crippen LogP contribution in [0.4, 0.5) is 17.6 Å². The molecule has 1 atom stereocenters. The van der Waals surface area contributed by atoms with Crippen LogP contribution >= 0.6 is 0 Å². The number of carbonyl (C=O) groups excluding carboxylic acids is 1. The number of benzene rings is 2. The number of carbonyl (C=O) groups is 1. The molecule has 0 radical (unpaired) electrons. The third kappa shape index (κ3) is 6.41. The number of halogens is 4. The van der Waals surface area contributed by atoms with E-state index in [1.165, 1.54) is 21.9 Å². The van der Waals surface area contributed by atoms with Crippen LogP contribution in [-0.4, -0.2) is 41.9 Å². The molecule has 0 aliphatic heterocycles. The molecule has 0 aliphatic rings. The van der Waals surface area contributed by atoms with Crippen molar-refractivity contribution in [3.05, 3.63) is 118 Å². The Hall–Kier alpha value is -5.20. The summed E-state index contributed by atoms with van der Waals surface area (Å²) in [6, 6.07) is 11.7. The molecule has 0 fully saturated rings. The summed E-state index contributed by atoms with van der Waals surface area (Å²) in [5.41, 5.74) is -0.920. The number of rotatable bonds is 9. The van der Waals surface area contributed by atoms with Crippen LogP contribution in [0.15, 0.2) is 84.2 Å². The molecule has 9 nitrogen and oxygen atoms in total. The van der Waals surface area contributed by atoms with Crippen LogP contribution in [0.1, 0.15) is 42.4 Å². The number of fused-ring (bicyclic) bond motifs is 1. The minimum atomic E-state index is -4.93. The lowest BCUT2D eigenvalue weighted by Crippen LogP contribution is -2.38. The number of aromatic nitrogens is 5. The molecule has 3 heterocycles. The third-order valence-corrected chi connectivity index (χ3v) is 6.87. The Bertz CT molecular complexity index is 1850. The molecular weight excluding hydrogens is 580 g/mol. The highest BCUT2D eigenvalue weighted by Gasteiger charge is 2.35. The second-order valence-corrected chi connectivity index (χ2v) is 9.81. The molecule has 0 bridgehead atoms. The first-order valence-electron chi connectivity index (χ1n) is 13.6. The normalized spacial score (nSPS) is 12.2. The van der Waals surface area contributed by atoms with E-state index in [0.717, 1.165) is 6.07 Å². The Labute approximate surface area is 248 Å². The van der Waals surface area contributed by atoms with E-state index >= 15 is 0 Å². The summed E-state index contributed by atoms with van der Waals surface area (Å²) in [6.45, 7) is 3.92. The first kappa shape index (κ1) is 30.3. The molecule has 0 saturated heterocycles. The van der Waals surface area contributed by atoms with Crippen molar-refractivity contribution < 1.29 is 27.1 Å². The van der Waals surface area contributed by atoms with Crippen molar-refractivity contribution in [1.82, 2.24) is 29.4 Å². The van der Waals surface area contributed by atoms with Crippen molar-refractivity contribution in [2.75, 3.05) is 6.61 Å². The zero-order chi connectivity index (χ0) is 31.4. The Kier molecular flexibility index (Phi) is 8.65. The minimum absolute atomic E-state index is 0.00784. The number of hydrogen-bond acceptors (Lipinski definition) is 7. The highest BCUT2D eigenvalue weighted by atomic mass is 19.4. The topological polar surface area (TPSA) is 103 Å². The van der Waals surface area contributed by atoms with Gasteiger partial charge in [0.15, 0.2) is 11.2 Å². The van der Waals surface area contributed by atoms with Gasteiger partial charge in [0.25, 0.3) is 5.56 Å². The fraction of sp³-hybridized carbons (Fsp3) is 0.226. The van der Waals surface area contributed by atoms with Gasteiger partial charge in [-0.25, -0.2) is 19.3 Å². The molecule has 3 aromatic heterocycles. The summed E-state index contributed by atoms with van der Waals surface area (Å²) in [7, 11) is 0. The number of pyridine rings is 1. The number of ether oxygens (including phenoxy) is 1. The zero-order valence-electron chi connectivity index (χ0n) is 23.6. The van der Waals surface area contributed by atoms with Crippen molar-refractivity contribution in [2.45, 2.75) is 39.0 Å². The average Bonchev–Trinajstić information content (AvgIpc) is 3.01. The van der Waals surface area contributed by atoms with Gasteiger partial charge >= 0.3 is 6.18 Å². The standard InChI is InChI=1S/C31H26F4N6O3/c1-3-44-23-9-7-22(8-10-23)41-29(39-28-27(30(41)43)37-13-14-38-28)19(2)40(18-21-5-4-12-36-17-21)26(42)16-20-6-11-25(32)24(15-20)31(33,34)35/h4-15,17,19H,3,16,18H2,1-2H3/t19-/m1/s1. The molecule has 0 saturated carbocycles. The van der Waals surface area contributed by atoms with Crippen LogP contribution in [-0.2, 0) is 23.9 Å². The highest BCUT2D eigenvalue weighted by molar-refractivity contribution is 5.79. The number of hydrogen-bond donors (Lipinski definition) is 0. The van der Waals surface area contributed by atoms with Crippen molar-refractivity contribution >= 4 is 17.1 Å². The van der Waals surface area contributed by atoms with Gasteiger partial charge in [-0.2, -0.15) is 13.2 Å². The fourth-order valence-corrected chi connectivity index (χ4v) is 4.76. The SMILES string of the molecule is CCOc1ccc(-n2c([C@@H](C)N(Cc3cccnc3)C(=O)Cc3ccc(F)c(C(F)(F)F)c3)nc3nccnc3c2=O)cc1. The van der Waals surface area contributed by atoms with E-state index in [1.807, 2.05) is 6.92 Å². The van der Waals surface area contributed by atoms with Gasteiger partial charge in [-0.1, -0.05) is 12.1 Å². The van der Waals surface area contributed by atoms with E-state index in [0.29, 0.717) is 35.7 Å². The van der Waals surface area contributed by atoms with Crippen molar-refractivity contribution in [3.8, 4) is 11.4 Å². The lowest BCUT2D eigenvalue weighted by Gasteiger charge is -2.30. The Morgan fingerprint density at radius 2 is 1.77 bits per heavy atom. The van der Waals surface area contributed by atoms with E-state index in [2.05, 4.69) is 19.9 Å². The highest BCUT2D eigenvalue weighted by Crippen LogP contribution is 2.32. The smallest absolute Gasteiger partial charge is 0.419 e. The monoisotopic (exact) mass is 606 g/mol. The van der Waals surface area contributed by atoms with Crippen molar-refractivity contribution in [2.24, 2.45) is 0 Å². The summed E-state index contributed by atoms with van der Waals surface area (Å²) in [4.78, 5) is 46.1. The van der Waals surface area contributed by atoms with E-state index in [1.54, 1.807) is 55.7 Å². The van der Waals surface area contributed by atoms with Gasteiger partial charge in [0.05, 0.1) is 30.3 Å². The molecule has 0 N–H and O–H groups in total. The van der Waals surface area contributed by atoms with Crippen LogP contribution in [0, 0.1) is 5.82 Å². The maximum Gasteiger partial charge on any atom is 0.419 e. The molecule has 13 heteroatoms. The maximum absolute atomic E-state index is 14.0. The first-order chi connectivity index (χ1) is 21.1. The molecule has 0 spiro atoms. The summed E-state index contributed by atoms with van der Waals surface area (Å²) < 4.78 is 61.0. The molecule has 1 amide bonds. The molecule has 44 heavy (non-hydrogen) atoms. The van der Waals surface area contributed by atoms with Crippen LogP contribution < -0.4 is 10.3 Å². The molecule has 2 aromatic carbocycles. The predicted molar refractivity (Wildman–Crippen MR) is 152 cm³/mol.